The Kier molecular flexibility index (Phi) is 5.43. The van der Waals surface area contributed by atoms with Crippen LogP contribution in [0.15, 0.2) is 35.0 Å². The number of amides is 1. The number of carbonyl (C=O) groups excluding carboxylic acids is 1. The first-order chi connectivity index (χ1) is 11.7. The topological polar surface area (TPSA) is 74.5 Å². The van der Waals surface area contributed by atoms with E-state index in [2.05, 4.69) is 25.1 Å². The van der Waals surface area contributed by atoms with Crippen LogP contribution >= 0.6 is 0 Å². The Morgan fingerprint density at radius 2 is 1.96 bits per heavy atom. The van der Waals surface area contributed by atoms with Crippen molar-refractivity contribution in [2.75, 3.05) is 44.2 Å². The minimum atomic E-state index is 0.0580. The molecule has 2 aromatic rings. The second kappa shape index (κ2) is 7.92. The number of aromatic nitrogens is 2. The number of aryl methyl sites for hydroxylation is 1. The van der Waals surface area contributed by atoms with Crippen molar-refractivity contribution in [2.24, 2.45) is 0 Å². The molecule has 1 aliphatic rings. The maximum absolute atomic E-state index is 12.0. The van der Waals surface area contributed by atoms with Crippen molar-refractivity contribution >= 4 is 11.9 Å². The van der Waals surface area contributed by atoms with Crippen LogP contribution in [0.4, 0.5) is 5.95 Å². The van der Waals surface area contributed by atoms with E-state index in [9.17, 15) is 4.79 Å². The monoisotopic (exact) mass is 329 g/mol. The van der Waals surface area contributed by atoms with Gasteiger partial charge >= 0.3 is 0 Å². The van der Waals surface area contributed by atoms with Gasteiger partial charge in [-0.1, -0.05) is 0 Å². The molecule has 128 valence electrons. The highest BCUT2D eigenvalue weighted by atomic mass is 16.3. The average Bonchev–Trinajstić information content (AvgIpc) is 3.02. The van der Waals surface area contributed by atoms with Crippen molar-refractivity contribution < 1.29 is 9.21 Å². The lowest BCUT2D eigenvalue weighted by Crippen LogP contribution is -2.50. The number of piperazine rings is 1. The van der Waals surface area contributed by atoms with Gasteiger partial charge in [-0.05, 0) is 25.1 Å². The zero-order valence-corrected chi connectivity index (χ0v) is 13.9. The van der Waals surface area contributed by atoms with Crippen LogP contribution in [-0.2, 0) is 11.2 Å². The molecule has 3 rings (SSSR count). The molecule has 0 saturated carbocycles. The molecular formula is C17H23N5O2. The van der Waals surface area contributed by atoms with Gasteiger partial charge in [0, 0.05) is 51.5 Å². The third-order valence-electron chi connectivity index (χ3n) is 4.06. The van der Waals surface area contributed by atoms with E-state index in [0.717, 1.165) is 50.1 Å². The highest BCUT2D eigenvalue weighted by molar-refractivity contribution is 5.78. The van der Waals surface area contributed by atoms with Gasteiger partial charge in [0.1, 0.15) is 11.5 Å². The molecule has 7 nitrogen and oxygen atoms in total. The van der Waals surface area contributed by atoms with Gasteiger partial charge in [0.05, 0.1) is 6.54 Å². The third-order valence-corrected chi connectivity index (χ3v) is 4.06. The van der Waals surface area contributed by atoms with Crippen LogP contribution < -0.4 is 10.2 Å². The van der Waals surface area contributed by atoms with E-state index < -0.39 is 0 Å². The Labute approximate surface area is 141 Å². The molecule has 0 spiro atoms. The Hall–Kier alpha value is -2.41. The SMILES string of the molecule is Cc1ccc(CCNC(=O)CN2CCN(c3ncccn3)CC2)o1. The highest BCUT2D eigenvalue weighted by Gasteiger charge is 2.20. The van der Waals surface area contributed by atoms with Gasteiger partial charge < -0.3 is 14.6 Å². The fraction of sp³-hybridized carbons (Fsp3) is 0.471. The van der Waals surface area contributed by atoms with E-state index >= 15 is 0 Å². The van der Waals surface area contributed by atoms with Crippen LogP contribution in [-0.4, -0.2) is 60.0 Å². The fourth-order valence-electron chi connectivity index (χ4n) is 2.76. The van der Waals surface area contributed by atoms with Gasteiger partial charge in [-0.15, -0.1) is 0 Å². The van der Waals surface area contributed by atoms with Crippen molar-refractivity contribution in [3.8, 4) is 0 Å². The Morgan fingerprint density at radius 1 is 1.21 bits per heavy atom. The summed E-state index contributed by atoms with van der Waals surface area (Å²) in [5.41, 5.74) is 0. The number of furan rings is 1. The maximum Gasteiger partial charge on any atom is 0.234 e. The number of anilines is 1. The van der Waals surface area contributed by atoms with Crippen LogP contribution in [0.3, 0.4) is 0 Å². The first-order valence-corrected chi connectivity index (χ1v) is 8.27. The largest absolute Gasteiger partial charge is 0.466 e. The van der Waals surface area contributed by atoms with E-state index in [1.165, 1.54) is 0 Å². The minimum Gasteiger partial charge on any atom is -0.466 e. The quantitative estimate of drug-likeness (QED) is 0.847. The molecule has 0 aliphatic carbocycles. The molecule has 0 radical (unpaired) electrons. The number of hydrogen-bond donors (Lipinski definition) is 1. The zero-order chi connectivity index (χ0) is 16.8. The normalized spacial score (nSPS) is 15.5. The summed E-state index contributed by atoms with van der Waals surface area (Å²) >= 11 is 0. The third kappa shape index (κ3) is 4.55. The molecule has 1 saturated heterocycles. The second-order valence-electron chi connectivity index (χ2n) is 5.92. The number of hydrogen-bond acceptors (Lipinski definition) is 6. The molecule has 1 N–H and O–H groups in total. The molecule has 3 heterocycles. The molecule has 0 aromatic carbocycles. The van der Waals surface area contributed by atoms with E-state index in [1.807, 2.05) is 25.1 Å². The predicted molar refractivity (Wildman–Crippen MR) is 90.8 cm³/mol. The summed E-state index contributed by atoms with van der Waals surface area (Å²) in [7, 11) is 0. The first kappa shape index (κ1) is 16.4. The summed E-state index contributed by atoms with van der Waals surface area (Å²) in [6.45, 7) is 6.30. The summed E-state index contributed by atoms with van der Waals surface area (Å²) < 4.78 is 5.49. The van der Waals surface area contributed by atoms with Gasteiger partial charge in [0.2, 0.25) is 11.9 Å². The predicted octanol–water partition coefficient (Wildman–Crippen LogP) is 0.859. The van der Waals surface area contributed by atoms with Crippen molar-refractivity contribution in [1.82, 2.24) is 20.2 Å². The molecule has 1 fully saturated rings. The lowest BCUT2D eigenvalue weighted by Gasteiger charge is -2.34. The number of nitrogens with one attached hydrogen (secondary N) is 1. The van der Waals surface area contributed by atoms with Gasteiger partial charge in [0.25, 0.3) is 0 Å². The molecule has 0 bridgehead atoms. The number of nitrogens with zero attached hydrogens (tertiary/aromatic N) is 4. The number of carbonyl (C=O) groups is 1. The van der Waals surface area contributed by atoms with E-state index in [0.29, 0.717) is 13.1 Å². The molecule has 1 amide bonds. The van der Waals surface area contributed by atoms with E-state index in [4.69, 9.17) is 4.42 Å². The molecule has 1 aliphatic heterocycles. The second-order valence-corrected chi connectivity index (χ2v) is 5.92. The summed E-state index contributed by atoms with van der Waals surface area (Å²) in [6, 6.07) is 5.70. The Morgan fingerprint density at radius 3 is 2.62 bits per heavy atom. The minimum absolute atomic E-state index is 0.0580. The lowest BCUT2D eigenvalue weighted by atomic mass is 10.3. The molecule has 7 heteroatoms. The van der Waals surface area contributed by atoms with Crippen LogP contribution in [0.25, 0.3) is 0 Å². The van der Waals surface area contributed by atoms with E-state index in [1.54, 1.807) is 12.4 Å². The van der Waals surface area contributed by atoms with Crippen molar-refractivity contribution in [3.63, 3.8) is 0 Å². The zero-order valence-electron chi connectivity index (χ0n) is 13.9. The fourth-order valence-corrected chi connectivity index (χ4v) is 2.76. The summed E-state index contributed by atoms with van der Waals surface area (Å²) in [4.78, 5) is 24.9. The summed E-state index contributed by atoms with van der Waals surface area (Å²) in [5.74, 6) is 2.62. The first-order valence-electron chi connectivity index (χ1n) is 8.27. The maximum atomic E-state index is 12.0. The standard InChI is InChI=1S/C17H23N5O2/c1-14-3-4-15(24-14)5-8-18-16(23)13-21-9-11-22(12-10-21)17-19-6-2-7-20-17/h2-4,6-7H,5,8-13H2,1H3,(H,18,23). The van der Waals surface area contributed by atoms with Crippen LogP contribution in [0.1, 0.15) is 11.5 Å². The highest BCUT2D eigenvalue weighted by Crippen LogP contribution is 2.09. The summed E-state index contributed by atoms with van der Waals surface area (Å²) in [5, 5.41) is 2.95. The van der Waals surface area contributed by atoms with Gasteiger partial charge in [-0.2, -0.15) is 0 Å². The van der Waals surface area contributed by atoms with E-state index in [-0.39, 0.29) is 5.91 Å². The van der Waals surface area contributed by atoms with Crippen LogP contribution in [0.2, 0.25) is 0 Å². The van der Waals surface area contributed by atoms with Crippen molar-refractivity contribution in [2.45, 2.75) is 13.3 Å². The lowest BCUT2D eigenvalue weighted by molar-refractivity contribution is -0.122. The Balaban J connectivity index is 1.35. The molecule has 2 aromatic heterocycles. The van der Waals surface area contributed by atoms with Gasteiger partial charge in [0.15, 0.2) is 0 Å². The molecule has 24 heavy (non-hydrogen) atoms. The van der Waals surface area contributed by atoms with Crippen LogP contribution in [0, 0.1) is 6.92 Å². The van der Waals surface area contributed by atoms with Crippen molar-refractivity contribution in [3.05, 3.63) is 42.1 Å². The van der Waals surface area contributed by atoms with Crippen molar-refractivity contribution in [1.29, 1.82) is 0 Å². The molecule has 0 atom stereocenters. The average molecular weight is 329 g/mol. The Bertz CT molecular complexity index is 650. The van der Waals surface area contributed by atoms with Gasteiger partial charge in [-0.25, -0.2) is 9.97 Å². The van der Waals surface area contributed by atoms with Crippen LogP contribution in [0.5, 0.6) is 0 Å². The summed E-state index contributed by atoms with van der Waals surface area (Å²) in [6.07, 6.45) is 4.23. The smallest absolute Gasteiger partial charge is 0.234 e. The van der Waals surface area contributed by atoms with Gasteiger partial charge in [-0.3, -0.25) is 9.69 Å². The number of rotatable bonds is 6. The molecule has 0 unspecified atom stereocenters. The molecular weight excluding hydrogens is 306 g/mol.